The number of likely N-dealkylation sites (tertiary alicyclic amines) is 1. The summed E-state index contributed by atoms with van der Waals surface area (Å²) in [5, 5.41) is 6.26. The molecule has 1 saturated carbocycles. The maximum Gasteiger partial charge on any atom is 0.573 e. The average Bonchev–Trinajstić information content (AvgIpc) is 3.64. The van der Waals surface area contributed by atoms with Crippen molar-refractivity contribution >= 4 is 23.2 Å². The van der Waals surface area contributed by atoms with E-state index in [2.05, 4.69) is 43.5 Å². The minimum absolute atomic E-state index is 0.203. The second-order valence-corrected chi connectivity index (χ2v) is 12.7. The molecule has 2 N–H and O–H groups in total. The van der Waals surface area contributed by atoms with Crippen molar-refractivity contribution in [3.05, 3.63) is 89.0 Å². The molecule has 11 heteroatoms. The van der Waals surface area contributed by atoms with Crippen LogP contribution >= 0.6 is 0 Å². The molecular formula is C36H36F3N5O3. The Kier molecular flexibility index (Phi) is 8.48. The molecule has 1 amide bonds. The van der Waals surface area contributed by atoms with E-state index in [9.17, 15) is 18.0 Å². The molecule has 0 bridgehead atoms. The third-order valence-electron chi connectivity index (χ3n) is 9.30. The molecular weight excluding hydrogens is 607 g/mol. The first-order valence-electron chi connectivity index (χ1n) is 16.1. The Labute approximate surface area is 271 Å². The lowest BCUT2D eigenvalue weighted by molar-refractivity contribution is -0.274. The minimum Gasteiger partial charge on any atom is -0.477 e. The highest BCUT2D eigenvalue weighted by molar-refractivity contribution is 6.04. The molecule has 2 unspecified atom stereocenters. The SMILES string of the molecule is Cc1ccc(CN2CC3CCCC3C2)cc1NC(=O)c1ccc(Nc2nc3c(c(-c4ccc(OC(F)(F)F)cc4)n2)CCCO3)cc1. The fourth-order valence-electron chi connectivity index (χ4n) is 6.99. The van der Waals surface area contributed by atoms with Gasteiger partial charge in [-0.2, -0.15) is 4.98 Å². The third-order valence-corrected chi connectivity index (χ3v) is 9.30. The van der Waals surface area contributed by atoms with Gasteiger partial charge in [-0.1, -0.05) is 18.6 Å². The van der Waals surface area contributed by atoms with Crippen molar-refractivity contribution in [2.24, 2.45) is 11.8 Å². The summed E-state index contributed by atoms with van der Waals surface area (Å²) in [6.07, 6.45) is 0.746. The summed E-state index contributed by atoms with van der Waals surface area (Å²) in [5.41, 5.74) is 6.14. The Morgan fingerprint density at radius 3 is 2.45 bits per heavy atom. The summed E-state index contributed by atoms with van der Waals surface area (Å²) in [6.45, 7) is 5.73. The summed E-state index contributed by atoms with van der Waals surface area (Å²) >= 11 is 0. The van der Waals surface area contributed by atoms with Crippen molar-refractivity contribution in [3.8, 4) is 22.9 Å². The normalized spacial score (nSPS) is 19.1. The van der Waals surface area contributed by atoms with Gasteiger partial charge in [-0.25, -0.2) is 4.98 Å². The number of hydrogen-bond acceptors (Lipinski definition) is 7. The fraction of sp³-hybridized carbons (Fsp3) is 0.361. The van der Waals surface area contributed by atoms with E-state index in [1.165, 1.54) is 62.2 Å². The van der Waals surface area contributed by atoms with Crippen LogP contribution in [0.25, 0.3) is 11.3 Å². The lowest BCUT2D eigenvalue weighted by atomic mass is 10.0. The zero-order chi connectivity index (χ0) is 32.5. The molecule has 3 aliphatic rings. The van der Waals surface area contributed by atoms with Gasteiger partial charge >= 0.3 is 6.36 Å². The summed E-state index contributed by atoms with van der Waals surface area (Å²) in [6, 6.07) is 18.9. The molecule has 244 valence electrons. The van der Waals surface area contributed by atoms with Gasteiger partial charge < -0.3 is 20.1 Å². The van der Waals surface area contributed by atoms with Crippen LogP contribution in [0.4, 0.5) is 30.5 Å². The van der Waals surface area contributed by atoms with E-state index >= 15 is 0 Å². The predicted octanol–water partition coefficient (Wildman–Crippen LogP) is 7.90. The van der Waals surface area contributed by atoms with Crippen molar-refractivity contribution in [2.45, 2.75) is 51.9 Å². The number of hydrogen-bond donors (Lipinski definition) is 2. The first-order valence-corrected chi connectivity index (χ1v) is 16.1. The zero-order valence-electron chi connectivity index (χ0n) is 26.1. The van der Waals surface area contributed by atoms with Crippen LogP contribution in [-0.2, 0) is 13.0 Å². The van der Waals surface area contributed by atoms with Gasteiger partial charge in [-0.05, 0) is 110 Å². The van der Waals surface area contributed by atoms with Crippen LogP contribution in [0.15, 0.2) is 66.7 Å². The number of amides is 1. The molecule has 7 rings (SSSR count). The van der Waals surface area contributed by atoms with Gasteiger partial charge in [-0.15, -0.1) is 13.2 Å². The van der Waals surface area contributed by atoms with E-state index in [-0.39, 0.29) is 17.6 Å². The van der Waals surface area contributed by atoms with Crippen LogP contribution < -0.4 is 20.1 Å². The first kappa shape index (κ1) is 31.0. The highest BCUT2D eigenvalue weighted by Gasteiger charge is 2.36. The van der Waals surface area contributed by atoms with Crippen molar-refractivity contribution in [1.82, 2.24) is 14.9 Å². The lowest BCUT2D eigenvalue weighted by Crippen LogP contribution is -2.21. The number of rotatable bonds is 8. The van der Waals surface area contributed by atoms with Crippen LogP contribution in [-0.4, -0.2) is 46.8 Å². The summed E-state index contributed by atoms with van der Waals surface area (Å²) in [5.74, 6) is 1.87. The van der Waals surface area contributed by atoms with Gasteiger partial charge in [0.25, 0.3) is 5.91 Å². The quantitative estimate of drug-likeness (QED) is 0.202. The van der Waals surface area contributed by atoms with Crippen LogP contribution in [0, 0.1) is 18.8 Å². The van der Waals surface area contributed by atoms with E-state index in [4.69, 9.17) is 9.72 Å². The highest BCUT2D eigenvalue weighted by atomic mass is 19.4. The molecule has 1 saturated heterocycles. The number of benzene rings is 3. The largest absolute Gasteiger partial charge is 0.573 e. The van der Waals surface area contributed by atoms with Crippen LogP contribution in [0.1, 0.15) is 52.7 Å². The molecule has 2 aliphatic heterocycles. The average molecular weight is 644 g/mol. The van der Waals surface area contributed by atoms with Crippen LogP contribution in [0.3, 0.4) is 0 Å². The Balaban J connectivity index is 1.03. The molecule has 0 spiro atoms. The molecule has 8 nitrogen and oxygen atoms in total. The Morgan fingerprint density at radius 1 is 0.979 bits per heavy atom. The number of carbonyl (C=O) groups is 1. The van der Waals surface area contributed by atoms with Gasteiger partial charge in [0.2, 0.25) is 11.8 Å². The molecule has 2 atom stereocenters. The molecule has 2 fully saturated rings. The van der Waals surface area contributed by atoms with E-state index in [0.29, 0.717) is 41.4 Å². The topological polar surface area (TPSA) is 88.6 Å². The van der Waals surface area contributed by atoms with Gasteiger partial charge in [0, 0.05) is 47.7 Å². The fourth-order valence-corrected chi connectivity index (χ4v) is 6.99. The molecule has 4 aromatic rings. The van der Waals surface area contributed by atoms with E-state index in [1.54, 1.807) is 24.3 Å². The number of nitrogens with one attached hydrogen (secondary N) is 2. The number of anilines is 3. The maximum atomic E-state index is 13.2. The van der Waals surface area contributed by atoms with Crippen LogP contribution in [0.5, 0.6) is 11.6 Å². The Morgan fingerprint density at radius 2 is 1.72 bits per heavy atom. The number of ether oxygens (including phenoxy) is 2. The Hall–Kier alpha value is -4.64. The van der Waals surface area contributed by atoms with Gasteiger partial charge in [0.05, 0.1) is 12.3 Å². The number of fused-ring (bicyclic) bond motifs is 2. The molecule has 1 aromatic heterocycles. The summed E-state index contributed by atoms with van der Waals surface area (Å²) in [7, 11) is 0. The van der Waals surface area contributed by atoms with Gasteiger partial charge in [-0.3, -0.25) is 9.69 Å². The first-order chi connectivity index (χ1) is 22.7. The van der Waals surface area contributed by atoms with Gasteiger partial charge in [0.1, 0.15) is 5.75 Å². The predicted molar refractivity (Wildman–Crippen MR) is 173 cm³/mol. The molecule has 47 heavy (non-hydrogen) atoms. The number of aromatic nitrogens is 2. The lowest BCUT2D eigenvalue weighted by Gasteiger charge is -2.20. The number of alkyl halides is 3. The van der Waals surface area contributed by atoms with Gasteiger partial charge in [0.15, 0.2) is 0 Å². The second-order valence-electron chi connectivity index (χ2n) is 12.7. The smallest absolute Gasteiger partial charge is 0.477 e. The number of aryl methyl sites for hydroxylation is 1. The molecule has 0 radical (unpaired) electrons. The molecule has 3 aromatic carbocycles. The highest BCUT2D eigenvalue weighted by Crippen LogP contribution is 2.38. The molecule has 3 heterocycles. The van der Waals surface area contributed by atoms with Crippen molar-refractivity contribution in [1.29, 1.82) is 0 Å². The monoisotopic (exact) mass is 643 g/mol. The van der Waals surface area contributed by atoms with Crippen molar-refractivity contribution in [3.63, 3.8) is 0 Å². The number of carbonyl (C=O) groups excluding carboxylic acids is 1. The third kappa shape index (κ3) is 7.20. The number of nitrogens with zero attached hydrogens (tertiary/aromatic N) is 3. The summed E-state index contributed by atoms with van der Waals surface area (Å²) in [4.78, 5) is 25.0. The van der Waals surface area contributed by atoms with E-state index in [1.807, 2.05) is 6.92 Å². The maximum absolute atomic E-state index is 13.2. The second kappa shape index (κ2) is 12.9. The Bertz CT molecular complexity index is 1750. The van der Waals surface area contributed by atoms with E-state index < -0.39 is 6.36 Å². The summed E-state index contributed by atoms with van der Waals surface area (Å²) < 4.78 is 47.8. The zero-order valence-corrected chi connectivity index (χ0v) is 26.1. The van der Waals surface area contributed by atoms with E-state index in [0.717, 1.165) is 41.6 Å². The van der Waals surface area contributed by atoms with Crippen molar-refractivity contribution in [2.75, 3.05) is 30.3 Å². The van der Waals surface area contributed by atoms with Crippen molar-refractivity contribution < 1.29 is 27.4 Å². The van der Waals surface area contributed by atoms with Crippen LogP contribution in [0.2, 0.25) is 0 Å². The minimum atomic E-state index is -4.77. The standard InChI is InChI=1S/C36H36F3N5O3/c1-22-7-8-23(19-44-20-26-4-2-5-27(26)21-44)18-31(22)41-33(45)25-9-13-28(14-10-25)40-35-42-32(30-6-3-17-46-34(30)43-35)24-11-15-29(16-12-24)47-36(37,38)39/h7-16,18,26-27H,2-6,17,19-21H2,1H3,(H,41,45)(H,40,42,43). The molecule has 1 aliphatic carbocycles. The number of halogens is 3.